The Morgan fingerprint density at radius 2 is 1.82 bits per heavy atom. The van der Waals surface area contributed by atoms with Crippen LogP contribution in [0.15, 0.2) is 12.2 Å². The molecule has 58 valence electrons. The molecule has 7 atom stereocenters. The van der Waals surface area contributed by atoms with Gasteiger partial charge in [0.05, 0.1) is 6.10 Å². The molecule has 6 bridgehead atoms. The second-order valence-corrected chi connectivity index (χ2v) is 4.75. The molecule has 0 aromatic heterocycles. The maximum absolute atomic E-state index is 9.86. The van der Waals surface area contributed by atoms with Crippen LogP contribution < -0.4 is 0 Å². The van der Waals surface area contributed by atoms with Crippen molar-refractivity contribution in [2.24, 2.45) is 35.5 Å². The molecule has 4 saturated carbocycles. The fraction of sp³-hybridized carbons (Fsp3) is 0.800. The lowest BCUT2D eigenvalue weighted by atomic mass is 9.74. The zero-order chi connectivity index (χ0) is 7.16. The van der Waals surface area contributed by atoms with Crippen molar-refractivity contribution in [2.45, 2.75) is 12.5 Å². The van der Waals surface area contributed by atoms with E-state index in [1.165, 1.54) is 6.42 Å². The second-order valence-electron chi connectivity index (χ2n) is 4.75. The molecule has 0 radical (unpaired) electrons. The first kappa shape index (κ1) is 5.36. The van der Waals surface area contributed by atoms with Crippen LogP contribution in [0, 0.1) is 35.5 Å². The standard InChI is InChI=1S/C10H12O/c11-10-5-2-1-4-6(5)3-7-8(4)9(7)10/h1-2,4-11H,3H2. The van der Waals surface area contributed by atoms with Crippen molar-refractivity contribution in [3.05, 3.63) is 12.2 Å². The van der Waals surface area contributed by atoms with Crippen LogP contribution in [0.3, 0.4) is 0 Å². The number of aliphatic hydroxyl groups is 1. The molecule has 11 heavy (non-hydrogen) atoms. The Balaban J connectivity index is 1.92. The lowest BCUT2D eigenvalue weighted by molar-refractivity contribution is 0.0210. The molecule has 1 N–H and O–H groups in total. The topological polar surface area (TPSA) is 20.2 Å². The van der Waals surface area contributed by atoms with Crippen LogP contribution in [0.25, 0.3) is 0 Å². The summed E-state index contributed by atoms with van der Waals surface area (Å²) in [6.45, 7) is 0. The Morgan fingerprint density at radius 1 is 1.00 bits per heavy atom. The highest BCUT2D eigenvalue weighted by molar-refractivity contribution is 5.29. The van der Waals surface area contributed by atoms with Gasteiger partial charge in [-0.25, -0.2) is 0 Å². The minimum atomic E-state index is 0.0405. The minimum Gasteiger partial charge on any atom is -0.392 e. The molecule has 7 unspecified atom stereocenters. The number of hydrogen-bond acceptors (Lipinski definition) is 1. The Morgan fingerprint density at radius 3 is 2.73 bits per heavy atom. The third kappa shape index (κ3) is 0.384. The summed E-state index contributed by atoms with van der Waals surface area (Å²) in [5.74, 6) is 4.85. The SMILES string of the molecule is OC1C2C=CC3C2CC2C1C32. The van der Waals surface area contributed by atoms with E-state index in [1.54, 1.807) is 0 Å². The summed E-state index contributed by atoms with van der Waals surface area (Å²) in [6, 6.07) is 0. The molecule has 1 heteroatoms. The van der Waals surface area contributed by atoms with E-state index in [1.807, 2.05) is 0 Å². The van der Waals surface area contributed by atoms with Gasteiger partial charge in [0, 0.05) is 5.92 Å². The van der Waals surface area contributed by atoms with Crippen LogP contribution in [0.2, 0.25) is 0 Å². The lowest BCUT2D eigenvalue weighted by Crippen LogP contribution is -2.36. The van der Waals surface area contributed by atoms with Crippen molar-refractivity contribution < 1.29 is 5.11 Å². The van der Waals surface area contributed by atoms with Crippen LogP contribution in [0.1, 0.15) is 6.42 Å². The van der Waals surface area contributed by atoms with Gasteiger partial charge in [0.15, 0.2) is 0 Å². The fourth-order valence-electron chi connectivity index (χ4n) is 4.23. The van der Waals surface area contributed by atoms with E-state index in [-0.39, 0.29) is 6.10 Å². The van der Waals surface area contributed by atoms with Crippen molar-refractivity contribution in [1.29, 1.82) is 0 Å². The molecular weight excluding hydrogens is 136 g/mol. The first-order valence-corrected chi connectivity index (χ1v) is 4.74. The predicted octanol–water partition coefficient (Wildman–Crippen LogP) is 1.05. The predicted molar refractivity (Wildman–Crippen MR) is 40.7 cm³/mol. The summed E-state index contributed by atoms with van der Waals surface area (Å²) < 4.78 is 0. The van der Waals surface area contributed by atoms with Crippen molar-refractivity contribution in [2.75, 3.05) is 0 Å². The van der Waals surface area contributed by atoms with E-state index in [2.05, 4.69) is 12.2 Å². The molecule has 5 rings (SSSR count). The van der Waals surface area contributed by atoms with Crippen LogP contribution in [-0.2, 0) is 0 Å². The van der Waals surface area contributed by atoms with Crippen molar-refractivity contribution in [1.82, 2.24) is 0 Å². The van der Waals surface area contributed by atoms with E-state index in [9.17, 15) is 5.11 Å². The summed E-state index contributed by atoms with van der Waals surface area (Å²) in [5.41, 5.74) is 0. The lowest BCUT2D eigenvalue weighted by Gasteiger charge is -2.34. The van der Waals surface area contributed by atoms with Gasteiger partial charge in [0.2, 0.25) is 0 Å². The van der Waals surface area contributed by atoms with Gasteiger partial charge in [0.1, 0.15) is 0 Å². The number of aliphatic hydroxyl groups excluding tert-OH is 1. The zero-order valence-corrected chi connectivity index (χ0v) is 6.35. The molecule has 0 aliphatic heterocycles. The first-order valence-electron chi connectivity index (χ1n) is 4.74. The monoisotopic (exact) mass is 148 g/mol. The Hall–Kier alpha value is -0.300. The van der Waals surface area contributed by atoms with Gasteiger partial charge in [-0.2, -0.15) is 0 Å². The second kappa shape index (κ2) is 1.31. The molecule has 0 amide bonds. The molecule has 0 aromatic rings. The Labute approximate surface area is 66.1 Å². The van der Waals surface area contributed by atoms with Crippen LogP contribution >= 0.6 is 0 Å². The first-order chi connectivity index (χ1) is 5.38. The van der Waals surface area contributed by atoms with Gasteiger partial charge in [-0.1, -0.05) is 12.2 Å². The van der Waals surface area contributed by atoms with Gasteiger partial charge in [-0.05, 0) is 36.0 Å². The summed E-state index contributed by atoms with van der Waals surface area (Å²) in [6.07, 6.45) is 6.13. The highest BCUT2D eigenvalue weighted by Gasteiger charge is 2.71. The summed E-state index contributed by atoms with van der Waals surface area (Å²) in [4.78, 5) is 0. The molecule has 0 aromatic carbocycles. The summed E-state index contributed by atoms with van der Waals surface area (Å²) >= 11 is 0. The smallest absolute Gasteiger partial charge is 0.0639 e. The van der Waals surface area contributed by atoms with Crippen molar-refractivity contribution in [3.63, 3.8) is 0 Å². The third-order valence-electron chi connectivity index (χ3n) is 4.61. The number of hydrogen-bond donors (Lipinski definition) is 1. The largest absolute Gasteiger partial charge is 0.392 e. The minimum absolute atomic E-state index is 0.0405. The maximum Gasteiger partial charge on any atom is 0.0639 e. The summed E-state index contributed by atoms with van der Waals surface area (Å²) in [5, 5.41) is 9.86. The van der Waals surface area contributed by atoms with Gasteiger partial charge < -0.3 is 5.11 Å². The Kier molecular flexibility index (Phi) is 0.637. The quantitative estimate of drug-likeness (QED) is 0.509. The average Bonchev–Trinajstić information content (AvgIpc) is 2.46. The maximum atomic E-state index is 9.86. The fourth-order valence-corrected chi connectivity index (χ4v) is 4.23. The van der Waals surface area contributed by atoms with Crippen LogP contribution in [0.4, 0.5) is 0 Å². The van der Waals surface area contributed by atoms with E-state index >= 15 is 0 Å². The highest BCUT2D eigenvalue weighted by Crippen LogP contribution is 2.73. The average molecular weight is 148 g/mol. The highest BCUT2D eigenvalue weighted by atomic mass is 16.3. The molecule has 1 nitrogen and oxygen atoms in total. The molecule has 4 fully saturated rings. The Bertz CT molecular complexity index is 256. The number of rotatable bonds is 0. The number of allylic oxidation sites excluding steroid dienone is 1. The van der Waals surface area contributed by atoms with Crippen molar-refractivity contribution >= 4 is 0 Å². The van der Waals surface area contributed by atoms with Gasteiger partial charge in [-0.15, -0.1) is 0 Å². The molecule has 0 spiro atoms. The van der Waals surface area contributed by atoms with Crippen LogP contribution in [-0.4, -0.2) is 11.2 Å². The molecule has 5 aliphatic rings. The molecule has 0 heterocycles. The van der Waals surface area contributed by atoms with Gasteiger partial charge >= 0.3 is 0 Å². The van der Waals surface area contributed by atoms with Gasteiger partial charge in [-0.3, -0.25) is 0 Å². The third-order valence-corrected chi connectivity index (χ3v) is 4.61. The van der Waals surface area contributed by atoms with E-state index < -0.39 is 0 Å². The summed E-state index contributed by atoms with van der Waals surface area (Å²) in [7, 11) is 0. The van der Waals surface area contributed by atoms with Crippen LogP contribution in [0.5, 0.6) is 0 Å². The van der Waals surface area contributed by atoms with Gasteiger partial charge in [0.25, 0.3) is 0 Å². The van der Waals surface area contributed by atoms with Crippen molar-refractivity contribution in [3.8, 4) is 0 Å². The van der Waals surface area contributed by atoms with E-state index in [4.69, 9.17) is 0 Å². The molecule has 0 saturated heterocycles. The van der Waals surface area contributed by atoms with E-state index in [0.29, 0.717) is 11.8 Å². The van der Waals surface area contributed by atoms with E-state index in [0.717, 1.165) is 23.7 Å². The normalized spacial score (nSPS) is 74.1. The zero-order valence-electron chi connectivity index (χ0n) is 6.35. The molecular formula is C10H12O. The molecule has 5 aliphatic carbocycles.